The Morgan fingerprint density at radius 2 is 1.78 bits per heavy atom. The third-order valence-electron chi connectivity index (χ3n) is 5.77. The quantitative estimate of drug-likeness (QED) is 0.565. The molecule has 0 amide bonds. The van der Waals surface area contributed by atoms with E-state index < -0.39 is 0 Å². The molecule has 0 saturated heterocycles. The van der Waals surface area contributed by atoms with Crippen LogP contribution in [0.15, 0.2) is 25.3 Å². The van der Waals surface area contributed by atoms with Gasteiger partial charge in [0.1, 0.15) is 0 Å². The SMILES string of the molecule is C=CC1CC(C=C)C2C3CC(CC3C(=O)OC)C12. The lowest BCUT2D eigenvalue weighted by atomic mass is 9.71. The molecule has 0 aromatic rings. The van der Waals surface area contributed by atoms with E-state index in [0.717, 1.165) is 12.3 Å². The first-order valence-electron chi connectivity index (χ1n) is 7.04. The molecule has 2 nitrogen and oxygen atoms in total. The molecule has 7 atom stereocenters. The number of allylic oxidation sites excluding steroid dienone is 2. The zero-order valence-electron chi connectivity index (χ0n) is 11.0. The Kier molecular flexibility index (Phi) is 2.84. The Labute approximate surface area is 109 Å². The van der Waals surface area contributed by atoms with Crippen molar-refractivity contribution < 1.29 is 9.53 Å². The highest BCUT2D eigenvalue weighted by Gasteiger charge is 2.60. The van der Waals surface area contributed by atoms with Gasteiger partial charge in [-0.2, -0.15) is 0 Å². The van der Waals surface area contributed by atoms with Crippen molar-refractivity contribution in [2.24, 2.45) is 41.4 Å². The Hall–Kier alpha value is -1.05. The third kappa shape index (κ3) is 1.44. The largest absolute Gasteiger partial charge is 0.469 e. The van der Waals surface area contributed by atoms with E-state index in [1.807, 2.05) is 0 Å². The minimum Gasteiger partial charge on any atom is -0.469 e. The fourth-order valence-corrected chi connectivity index (χ4v) is 5.25. The molecule has 0 heterocycles. The summed E-state index contributed by atoms with van der Waals surface area (Å²) >= 11 is 0. The summed E-state index contributed by atoms with van der Waals surface area (Å²) in [6.45, 7) is 7.99. The summed E-state index contributed by atoms with van der Waals surface area (Å²) in [4.78, 5) is 11.9. The van der Waals surface area contributed by atoms with Crippen LogP contribution in [0.5, 0.6) is 0 Å². The molecule has 18 heavy (non-hydrogen) atoms. The second-order valence-electron chi connectivity index (χ2n) is 6.21. The number of esters is 1. The first-order valence-corrected chi connectivity index (χ1v) is 7.04. The Morgan fingerprint density at radius 3 is 2.39 bits per heavy atom. The van der Waals surface area contributed by atoms with Gasteiger partial charge in [0.2, 0.25) is 0 Å². The Bertz CT molecular complexity index is 387. The normalized spacial score (nSPS) is 48.8. The van der Waals surface area contributed by atoms with Gasteiger partial charge in [-0.05, 0) is 54.8 Å². The lowest BCUT2D eigenvalue weighted by Crippen LogP contribution is -2.33. The van der Waals surface area contributed by atoms with Crippen LogP contribution in [0.4, 0.5) is 0 Å². The van der Waals surface area contributed by atoms with Gasteiger partial charge in [-0.3, -0.25) is 4.79 Å². The van der Waals surface area contributed by atoms with Gasteiger partial charge in [-0.25, -0.2) is 0 Å². The number of rotatable bonds is 3. The van der Waals surface area contributed by atoms with E-state index in [1.54, 1.807) is 0 Å². The maximum absolute atomic E-state index is 11.9. The van der Waals surface area contributed by atoms with Gasteiger partial charge in [-0.15, -0.1) is 13.2 Å². The minimum absolute atomic E-state index is 0.00538. The van der Waals surface area contributed by atoms with Crippen molar-refractivity contribution in [3.63, 3.8) is 0 Å². The molecule has 3 fully saturated rings. The highest BCUT2D eigenvalue weighted by Crippen LogP contribution is 2.65. The molecule has 2 bridgehead atoms. The molecular weight excluding hydrogens is 224 g/mol. The summed E-state index contributed by atoms with van der Waals surface area (Å²) in [5.74, 6) is 3.98. The zero-order chi connectivity index (χ0) is 12.9. The van der Waals surface area contributed by atoms with Crippen molar-refractivity contribution >= 4 is 5.97 Å². The molecule has 0 aliphatic heterocycles. The predicted octanol–water partition coefficient (Wildman–Crippen LogP) is 3.06. The van der Waals surface area contributed by atoms with E-state index in [-0.39, 0.29) is 11.9 Å². The first-order chi connectivity index (χ1) is 8.71. The fourth-order valence-electron chi connectivity index (χ4n) is 5.25. The van der Waals surface area contributed by atoms with Gasteiger partial charge in [-0.1, -0.05) is 12.2 Å². The molecule has 0 spiro atoms. The number of fused-ring (bicyclic) bond motifs is 5. The average Bonchev–Trinajstić information content (AvgIpc) is 3.06. The summed E-state index contributed by atoms with van der Waals surface area (Å²) in [6.07, 6.45) is 7.67. The number of carbonyl (C=O) groups excluding carboxylic acids is 1. The summed E-state index contributed by atoms with van der Waals surface area (Å²) in [6, 6.07) is 0. The van der Waals surface area contributed by atoms with Gasteiger partial charge in [0, 0.05) is 0 Å². The highest BCUT2D eigenvalue weighted by atomic mass is 16.5. The highest BCUT2D eigenvalue weighted by molar-refractivity contribution is 5.73. The van der Waals surface area contributed by atoms with E-state index in [0.29, 0.717) is 29.6 Å². The lowest BCUT2D eigenvalue weighted by Gasteiger charge is -2.33. The zero-order valence-corrected chi connectivity index (χ0v) is 11.0. The molecule has 3 rings (SSSR count). The molecule has 2 heteroatoms. The molecule has 0 radical (unpaired) electrons. The number of hydrogen-bond donors (Lipinski definition) is 0. The average molecular weight is 246 g/mol. The van der Waals surface area contributed by atoms with Crippen molar-refractivity contribution in [3.8, 4) is 0 Å². The van der Waals surface area contributed by atoms with E-state index >= 15 is 0 Å². The van der Waals surface area contributed by atoms with Gasteiger partial charge in [0.15, 0.2) is 0 Å². The minimum atomic E-state index is 0.00538. The summed E-state index contributed by atoms with van der Waals surface area (Å²) in [5, 5.41) is 0. The maximum atomic E-state index is 11.9. The van der Waals surface area contributed by atoms with Crippen molar-refractivity contribution in [1.82, 2.24) is 0 Å². The first kappa shape index (κ1) is 12.0. The van der Waals surface area contributed by atoms with E-state index in [4.69, 9.17) is 4.74 Å². The van der Waals surface area contributed by atoms with Crippen molar-refractivity contribution in [3.05, 3.63) is 25.3 Å². The van der Waals surface area contributed by atoms with Crippen LogP contribution in [0.2, 0.25) is 0 Å². The van der Waals surface area contributed by atoms with Crippen LogP contribution in [0, 0.1) is 41.4 Å². The molecule has 3 aliphatic rings. The molecule has 0 aromatic heterocycles. The molecule has 0 aromatic carbocycles. The van der Waals surface area contributed by atoms with Crippen LogP contribution in [0.1, 0.15) is 19.3 Å². The van der Waals surface area contributed by atoms with Crippen LogP contribution in [-0.2, 0) is 9.53 Å². The number of carbonyl (C=O) groups is 1. The van der Waals surface area contributed by atoms with Crippen LogP contribution in [0.25, 0.3) is 0 Å². The molecular formula is C16H22O2. The van der Waals surface area contributed by atoms with Crippen molar-refractivity contribution in [2.75, 3.05) is 7.11 Å². The second-order valence-corrected chi connectivity index (χ2v) is 6.21. The van der Waals surface area contributed by atoms with Crippen LogP contribution >= 0.6 is 0 Å². The topological polar surface area (TPSA) is 26.3 Å². The summed E-state index contributed by atoms with van der Waals surface area (Å²) in [7, 11) is 1.51. The standard InChI is InChI=1S/C16H22O2/c1-4-9-6-10(5-2)15-12-7-11(14(9)15)8-13(12)16(17)18-3/h4-5,9-15H,1-2,6-8H2,3H3. The van der Waals surface area contributed by atoms with Crippen LogP contribution in [-0.4, -0.2) is 13.1 Å². The summed E-state index contributed by atoms with van der Waals surface area (Å²) in [5.41, 5.74) is 0. The van der Waals surface area contributed by atoms with E-state index in [9.17, 15) is 4.79 Å². The predicted molar refractivity (Wildman–Crippen MR) is 70.7 cm³/mol. The smallest absolute Gasteiger partial charge is 0.308 e. The monoisotopic (exact) mass is 246 g/mol. The third-order valence-corrected chi connectivity index (χ3v) is 5.77. The molecule has 7 unspecified atom stereocenters. The second kappa shape index (κ2) is 4.25. The van der Waals surface area contributed by atoms with Gasteiger partial charge in [0.25, 0.3) is 0 Å². The maximum Gasteiger partial charge on any atom is 0.308 e. The van der Waals surface area contributed by atoms with Crippen LogP contribution < -0.4 is 0 Å². The Morgan fingerprint density at radius 1 is 1.11 bits per heavy atom. The number of methoxy groups -OCH3 is 1. The number of ether oxygens (including phenoxy) is 1. The van der Waals surface area contributed by atoms with Gasteiger partial charge >= 0.3 is 5.97 Å². The Balaban J connectivity index is 1.87. The molecule has 3 saturated carbocycles. The summed E-state index contributed by atoms with van der Waals surface area (Å²) < 4.78 is 4.97. The van der Waals surface area contributed by atoms with Crippen molar-refractivity contribution in [2.45, 2.75) is 19.3 Å². The van der Waals surface area contributed by atoms with Gasteiger partial charge < -0.3 is 4.74 Å². The van der Waals surface area contributed by atoms with E-state index in [2.05, 4.69) is 25.3 Å². The van der Waals surface area contributed by atoms with Crippen LogP contribution in [0.3, 0.4) is 0 Å². The molecule has 0 N–H and O–H groups in total. The lowest BCUT2D eigenvalue weighted by molar-refractivity contribution is -0.148. The molecule has 98 valence electrons. The van der Waals surface area contributed by atoms with Crippen molar-refractivity contribution in [1.29, 1.82) is 0 Å². The fraction of sp³-hybridized carbons (Fsp3) is 0.688. The van der Waals surface area contributed by atoms with Gasteiger partial charge in [0.05, 0.1) is 13.0 Å². The van der Waals surface area contributed by atoms with E-state index in [1.165, 1.54) is 20.0 Å². The molecule has 3 aliphatic carbocycles. The number of hydrogen-bond acceptors (Lipinski definition) is 2.